The monoisotopic (exact) mass is 521 g/mol. The Kier molecular flexibility index (Phi) is 5.64. The zero-order valence-corrected chi connectivity index (χ0v) is 21.3. The Labute approximate surface area is 214 Å². The van der Waals surface area contributed by atoms with E-state index in [1.54, 1.807) is 11.0 Å². The number of rotatable bonds is 4. The van der Waals surface area contributed by atoms with Crippen molar-refractivity contribution in [1.82, 2.24) is 24.7 Å². The summed E-state index contributed by atoms with van der Waals surface area (Å²) in [5.41, 5.74) is 4.92. The number of aryl methyl sites for hydroxylation is 1. The van der Waals surface area contributed by atoms with Gasteiger partial charge >= 0.3 is 0 Å². The molecule has 0 aliphatic carbocycles. The van der Waals surface area contributed by atoms with Crippen LogP contribution in [0.4, 0.5) is 0 Å². The number of sulfone groups is 1. The predicted molar refractivity (Wildman–Crippen MR) is 136 cm³/mol. The Balaban J connectivity index is 1.31. The standard InChI is InChI=1S/C26H27N5O5S/c1-29-7-6-19-18(14-30-8-10-37(35,36)11-9-30)13-21(27-24(19)29)16-2-3-20-17(12-16)15-31(26(20)34)22-4-5-23(32)28-25(22)33/h2-3,6-7,12-13,22H,4-5,8-11,14-15H2,1H3,(H,28,32,33). The number of piperidine rings is 1. The third-order valence-electron chi connectivity index (χ3n) is 7.57. The lowest BCUT2D eigenvalue weighted by Gasteiger charge is -2.29. The second kappa shape index (κ2) is 8.77. The highest BCUT2D eigenvalue weighted by Gasteiger charge is 2.39. The van der Waals surface area contributed by atoms with Crippen LogP contribution in [0.25, 0.3) is 22.3 Å². The number of fused-ring (bicyclic) bond motifs is 2. The van der Waals surface area contributed by atoms with Crippen molar-refractivity contribution >= 4 is 38.6 Å². The van der Waals surface area contributed by atoms with Crippen LogP contribution in [0.3, 0.4) is 0 Å². The Morgan fingerprint density at radius 2 is 1.86 bits per heavy atom. The molecule has 11 heteroatoms. The van der Waals surface area contributed by atoms with Gasteiger partial charge in [0.05, 0.1) is 17.2 Å². The second-order valence-corrected chi connectivity index (χ2v) is 12.3. The first-order valence-corrected chi connectivity index (χ1v) is 14.2. The number of nitrogens with one attached hydrogen (secondary N) is 1. The van der Waals surface area contributed by atoms with Crippen molar-refractivity contribution in [2.24, 2.45) is 7.05 Å². The van der Waals surface area contributed by atoms with E-state index in [0.717, 1.165) is 33.4 Å². The van der Waals surface area contributed by atoms with Crippen LogP contribution in [0, 0.1) is 0 Å². The highest BCUT2D eigenvalue weighted by Crippen LogP contribution is 2.32. The fourth-order valence-corrected chi connectivity index (χ4v) is 6.74. The van der Waals surface area contributed by atoms with Crippen molar-refractivity contribution in [1.29, 1.82) is 0 Å². The number of aromatic nitrogens is 2. The van der Waals surface area contributed by atoms with Gasteiger partial charge in [0.2, 0.25) is 11.8 Å². The molecule has 2 saturated heterocycles. The van der Waals surface area contributed by atoms with Crippen LogP contribution in [0.5, 0.6) is 0 Å². The van der Waals surface area contributed by atoms with Crippen LogP contribution in [0.1, 0.15) is 34.3 Å². The molecule has 1 N–H and O–H groups in total. The molecule has 1 aromatic carbocycles. The molecule has 192 valence electrons. The fraction of sp³-hybridized carbons (Fsp3) is 0.385. The summed E-state index contributed by atoms with van der Waals surface area (Å²) in [7, 11) is -1.02. The molecule has 5 heterocycles. The third kappa shape index (κ3) is 4.31. The molecule has 3 aliphatic heterocycles. The van der Waals surface area contributed by atoms with Gasteiger partial charge in [0, 0.05) is 62.4 Å². The van der Waals surface area contributed by atoms with Crippen LogP contribution in [0.15, 0.2) is 36.5 Å². The SMILES string of the molecule is Cn1ccc2c(CN3CCS(=O)(=O)CC3)cc(-c3ccc4c(c3)CN(C3CCC(=O)NC3=O)C4=O)nc21. The number of imide groups is 1. The van der Waals surface area contributed by atoms with Crippen molar-refractivity contribution < 1.29 is 22.8 Å². The normalized spacial score (nSPS) is 21.9. The number of hydrogen-bond donors (Lipinski definition) is 1. The van der Waals surface area contributed by atoms with E-state index in [1.165, 1.54) is 0 Å². The molecule has 37 heavy (non-hydrogen) atoms. The summed E-state index contributed by atoms with van der Waals surface area (Å²) in [4.78, 5) is 45.6. The van der Waals surface area contributed by atoms with Gasteiger partial charge in [0.25, 0.3) is 5.91 Å². The van der Waals surface area contributed by atoms with E-state index in [4.69, 9.17) is 4.98 Å². The number of benzene rings is 1. The molecule has 0 saturated carbocycles. The predicted octanol–water partition coefficient (Wildman–Crippen LogP) is 1.23. The van der Waals surface area contributed by atoms with Gasteiger partial charge in [-0.25, -0.2) is 13.4 Å². The second-order valence-electron chi connectivity index (χ2n) is 10.0. The maximum absolute atomic E-state index is 13.1. The lowest BCUT2D eigenvalue weighted by atomic mass is 10.0. The molecular formula is C26H27N5O5S. The lowest BCUT2D eigenvalue weighted by Crippen LogP contribution is -2.52. The minimum Gasteiger partial charge on any atom is -0.336 e. The molecule has 0 spiro atoms. The largest absolute Gasteiger partial charge is 0.336 e. The molecule has 3 aromatic rings. The summed E-state index contributed by atoms with van der Waals surface area (Å²) in [5.74, 6) is -0.598. The van der Waals surface area contributed by atoms with Crippen LogP contribution in [-0.2, 0) is 39.6 Å². The van der Waals surface area contributed by atoms with Crippen LogP contribution in [0.2, 0.25) is 0 Å². The van der Waals surface area contributed by atoms with Crippen molar-refractivity contribution in [2.75, 3.05) is 24.6 Å². The van der Waals surface area contributed by atoms with E-state index in [2.05, 4.69) is 10.2 Å². The fourth-order valence-electron chi connectivity index (χ4n) is 5.46. The zero-order chi connectivity index (χ0) is 25.9. The topological polar surface area (TPSA) is 122 Å². The summed E-state index contributed by atoms with van der Waals surface area (Å²) in [6, 6.07) is 9.03. The maximum Gasteiger partial charge on any atom is 0.255 e. The zero-order valence-electron chi connectivity index (χ0n) is 20.4. The number of pyridine rings is 1. The van der Waals surface area contributed by atoms with Crippen molar-refractivity contribution in [3.8, 4) is 11.3 Å². The molecule has 0 radical (unpaired) electrons. The number of hydrogen-bond acceptors (Lipinski definition) is 7. The van der Waals surface area contributed by atoms with Crippen LogP contribution in [-0.4, -0.2) is 76.1 Å². The minimum atomic E-state index is -2.96. The molecule has 3 amide bonds. The van der Waals surface area contributed by atoms with Gasteiger partial charge in [0.15, 0.2) is 9.84 Å². The molecule has 6 rings (SSSR count). The minimum absolute atomic E-state index is 0.172. The smallest absolute Gasteiger partial charge is 0.255 e. The molecule has 1 atom stereocenters. The number of nitrogens with zero attached hydrogens (tertiary/aromatic N) is 4. The molecule has 0 bridgehead atoms. The molecule has 2 fully saturated rings. The summed E-state index contributed by atoms with van der Waals surface area (Å²) >= 11 is 0. The first-order valence-electron chi connectivity index (χ1n) is 12.3. The molecule has 10 nitrogen and oxygen atoms in total. The van der Waals surface area contributed by atoms with E-state index < -0.39 is 21.8 Å². The van der Waals surface area contributed by atoms with Gasteiger partial charge in [-0.2, -0.15) is 0 Å². The Morgan fingerprint density at radius 3 is 2.62 bits per heavy atom. The van der Waals surface area contributed by atoms with E-state index in [1.807, 2.05) is 42.1 Å². The number of carbonyl (C=O) groups is 3. The van der Waals surface area contributed by atoms with Gasteiger partial charge < -0.3 is 9.47 Å². The van der Waals surface area contributed by atoms with Crippen molar-refractivity contribution in [3.63, 3.8) is 0 Å². The number of carbonyl (C=O) groups excluding carboxylic acids is 3. The average Bonchev–Trinajstić information content (AvgIpc) is 3.40. The van der Waals surface area contributed by atoms with E-state index in [0.29, 0.717) is 38.2 Å². The third-order valence-corrected chi connectivity index (χ3v) is 9.18. The van der Waals surface area contributed by atoms with Crippen molar-refractivity contribution in [3.05, 3.63) is 53.2 Å². The summed E-state index contributed by atoms with van der Waals surface area (Å²) in [6.45, 7) is 1.94. The van der Waals surface area contributed by atoms with Crippen LogP contribution < -0.4 is 5.32 Å². The lowest BCUT2D eigenvalue weighted by molar-refractivity contribution is -0.136. The van der Waals surface area contributed by atoms with Gasteiger partial charge in [-0.05, 0) is 41.8 Å². The highest BCUT2D eigenvalue weighted by molar-refractivity contribution is 7.91. The van der Waals surface area contributed by atoms with Gasteiger partial charge in [-0.15, -0.1) is 0 Å². The van der Waals surface area contributed by atoms with Crippen LogP contribution >= 0.6 is 0 Å². The van der Waals surface area contributed by atoms with Gasteiger partial charge in [0.1, 0.15) is 11.7 Å². The first kappa shape index (κ1) is 23.8. The molecular weight excluding hydrogens is 494 g/mol. The van der Waals surface area contributed by atoms with E-state index in [-0.39, 0.29) is 29.7 Å². The van der Waals surface area contributed by atoms with Gasteiger partial charge in [-0.3, -0.25) is 24.6 Å². The first-order chi connectivity index (χ1) is 17.7. The Morgan fingerprint density at radius 1 is 1.08 bits per heavy atom. The average molecular weight is 522 g/mol. The Hall–Kier alpha value is -3.57. The maximum atomic E-state index is 13.1. The molecule has 3 aliphatic rings. The number of amides is 3. The summed E-state index contributed by atoms with van der Waals surface area (Å²) in [5, 5.41) is 3.36. The van der Waals surface area contributed by atoms with Gasteiger partial charge in [-0.1, -0.05) is 6.07 Å². The summed E-state index contributed by atoms with van der Waals surface area (Å²) in [6.07, 6.45) is 2.50. The highest BCUT2D eigenvalue weighted by atomic mass is 32.2. The summed E-state index contributed by atoms with van der Waals surface area (Å²) < 4.78 is 25.7. The van der Waals surface area contributed by atoms with E-state index in [9.17, 15) is 22.8 Å². The quantitative estimate of drug-likeness (QED) is 0.513. The van der Waals surface area contributed by atoms with Crippen molar-refractivity contribution in [2.45, 2.75) is 32.0 Å². The molecule has 2 aromatic heterocycles. The Bertz CT molecular complexity index is 1560. The van der Waals surface area contributed by atoms with E-state index >= 15 is 0 Å². The molecule has 1 unspecified atom stereocenters.